The first-order valence-corrected chi connectivity index (χ1v) is 8.45. The third-order valence-electron chi connectivity index (χ3n) is 3.86. The van der Waals surface area contributed by atoms with E-state index in [0.717, 1.165) is 11.3 Å². The van der Waals surface area contributed by atoms with E-state index in [-0.39, 0.29) is 18.9 Å². The van der Waals surface area contributed by atoms with Crippen LogP contribution in [0.2, 0.25) is 0 Å². The summed E-state index contributed by atoms with van der Waals surface area (Å²) >= 11 is 0. The van der Waals surface area contributed by atoms with E-state index in [2.05, 4.69) is 4.85 Å². The van der Waals surface area contributed by atoms with Crippen molar-refractivity contribution in [3.05, 3.63) is 82.3 Å². The molecule has 138 valence electrons. The van der Waals surface area contributed by atoms with Crippen LogP contribution in [0, 0.1) is 17.9 Å². The van der Waals surface area contributed by atoms with E-state index in [0.29, 0.717) is 30.2 Å². The van der Waals surface area contributed by atoms with Crippen LogP contribution in [-0.4, -0.2) is 36.5 Å². The molecule has 0 unspecified atom stereocenters. The van der Waals surface area contributed by atoms with E-state index in [1.807, 2.05) is 41.3 Å². The Balaban J connectivity index is 2.17. The van der Waals surface area contributed by atoms with Gasteiger partial charge in [0, 0.05) is 18.8 Å². The lowest BCUT2D eigenvalue weighted by Gasteiger charge is -2.22. The summed E-state index contributed by atoms with van der Waals surface area (Å²) in [6, 6.07) is 9.59. The first-order valence-electron chi connectivity index (χ1n) is 8.45. The molecule has 0 fully saturated rings. The molecule has 0 saturated heterocycles. The number of hydrogen-bond acceptors (Lipinski definition) is 5. The quantitative estimate of drug-likeness (QED) is 0.575. The summed E-state index contributed by atoms with van der Waals surface area (Å²) in [6.07, 6.45) is 6.99. The number of nitrogens with zero attached hydrogens (tertiary/aromatic N) is 3. The summed E-state index contributed by atoms with van der Waals surface area (Å²) < 4.78 is 5.63. The summed E-state index contributed by atoms with van der Waals surface area (Å²) in [5, 5.41) is 27.3. The lowest BCUT2D eigenvalue weighted by atomic mass is 10.1. The molecule has 1 aliphatic heterocycles. The molecular formula is C21H21N3O3. The number of aliphatic hydroxyl groups is 2. The Bertz CT molecular complexity index is 843. The number of ether oxygens (including phenoxy) is 1. The molecule has 1 heterocycles. The Morgan fingerprint density at radius 1 is 1.19 bits per heavy atom. The van der Waals surface area contributed by atoms with Gasteiger partial charge < -0.3 is 19.8 Å². The molecule has 0 aliphatic carbocycles. The fraction of sp³-hybridized carbons (Fsp3) is 0.238. The number of rotatable bonds is 7. The van der Waals surface area contributed by atoms with Gasteiger partial charge in [0.2, 0.25) is 0 Å². The highest BCUT2D eigenvalue weighted by Gasteiger charge is 2.10. The normalized spacial score (nSPS) is 15.3. The number of benzene rings is 1. The summed E-state index contributed by atoms with van der Waals surface area (Å²) in [7, 11) is 0. The average Bonchev–Trinajstić information content (AvgIpc) is 2.67. The first kappa shape index (κ1) is 20.0. The minimum Gasteiger partial charge on any atom is -0.462 e. The van der Waals surface area contributed by atoms with Crippen molar-refractivity contribution in [2.75, 3.05) is 31.2 Å². The molecule has 0 spiro atoms. The lowest BCUT2D eigenvalue weighted by molar-refractivity contribution is 0.281. The van der Waals surface area contributed by atoms with Gasteiger partial charge in [0.1, 0.15) is 11.5 Å². The maximum atomic E-state index is 9.12. The van der Waals surface area contributed by atoms with Gasteiger partial charge in [-0.3, -0.25) is 0 Å². The van der Waals surface area contributed by atoms with Crippen molar-refractivity contribution < 1.29 is 14.9 Å². The first-order chi connectivity index (χ1) is 13.1. The second-order valence-electron chi connectivity index (χ2n) is 5.79. The highest BCUT2D eigenvalue weighted by Crippen LogP contribution is 2.23. The van der Waals surface area contributed by atoms with Crippen molar-refractivity contribution in [3.8, 4) is 6.07 Å². The minimum absolute atomic E-state index is 0.0190. The van der Waals surface area contributed by atoms with Crippen LogP contribution in [-0.2, 0) is 4.74 Å². The van der Waals surface area contributed by atoms with Crippen molar-refractivity contribution in [3.63, 3.8) is 0 Å². The van der Waals surface area contributed by atoms with Crippen molar-refractivity contribution in [1.82, 2.24) is 0 Å². The van der Waals surface area contributed by atoms with Gasteiger partial charge in [-0.15, -0.1) is 0 Å². The Hall–Kier alpha value is -3.32. The molecule has 1 aliphatic rings. The molecule has 27 heavy (non-hydrogen) atoms. The zero-order valence-electron chi connectivity index (χ0n) is 15.1. The molecule has 0 atom stereocenters. The molecule has 1 aromatic rings. The summed E-state index contributed by atoms with van der Waals surface area (Å²) in [6.45, 7) is 9.79. The minimum atomic E-state index is 0.0190. The summed E-state index contributed by atoms with van der Waals surface area (Å²) in [4.78, 5) is 5.14. The number of allylic oxidation sites excluding steroid dienone is 6. The van der Waals surface area contributed by atoms with Crippen LogP contribution in [0.15, 0.2) is 65.3 Å². The monoisotopic (exact) mass is 363 g/mol. The van der Waals surface area contributed by atoms with Crippen LogP contribution in [0.3, 0.4) is 0 Å². The van der Waals surface area contributed by atoms with Gasteiger partial charge in [-0.05, 0) is 48.4 Å². The topological polar surface area (TPSA) is 81.1 Å². The Morgan fingerprint density at radius 3 is 2.41 bits per heavy atom. The number of aliphatic hydroxyl groups excluding tert-OH is 2. The van der Waals surface area contributed by atoms with Gasteiger partial charge in [-0.2, -0.15) is 0 Å². The van der Waals surface area contributed by atoms with E-state index in [9.17, 15) is 0 Å². The fourth-order valence-electron chi connectivity index (χ4n) is 2.62. The molecule has 6 nitrogen and oxygen atoms in total. The van der Waals surface area contributed by atoms with E-state index in [1.54, 1.807) is 25.2 Å². The Labute approximate surface area is 159 Å². The molecule has 2 N–H and O–H groups in total. The van der Waals surface area contributed by atoms with Gasteiger partial charge in [0.05, 0.1) is 25.9 Å². The smallest absolute Gasteiger partial charge is 0.269 e. The zero-order chi connectivity index (χ0) is 19.6. The van der Waals surface area contributed by atoms with Crippen LogP contribution in [0.4, 0.5) is 5.69 Å². The number of anilines is 1. The third-order valence-corrected chi connectivity index (χ3v) is 3.86. The van der Waals surface area contributed by atoms with Crippen molar-refractivity contribution in [2.24, 2.45) is 0 Å². The van der Waals surface area contributed by atoms with E-state index >= 15 is 0 Å². The molecule has 0 amide bonds. The van der Waals surface area contributed by atoms with Gasteiger partial charge in [0.25, 0.3) is 5.70 Å². The third kappa shape index (κ3) is 5.58. The summed E-state index contributed by atoms with van der Waals surface area (Å²) in [5.41, 5.74) is 2.43. The number of nitriles is 1. The fourth-order valence-corrected chi connectivity index (χ4v) is 2.62. The molecule has 0 saturated carbocycles. The number of hydrogen-bond donors (Lipinski definition) is 2. The lowest BCUT2D eigenvalue weighted by Crippen LogP contribution is -2.29. The van der Waals surface area contributed by atoms with Gasteiger partial charge in [-0.25, -0.2) is 10.1 Å². The van der Waals surface area contributed by atoms with Crippen molar-refractivity contribution in [2.45, 2.75) is 6.92 Å². The highest BCUT2D eigenvalue weighted by molar-refractivity contribution is 5.59. The summed E-state index contributed by atoms with van der Waals surface area (Å²) in [5.74, 6) is 1.16. The Morgan fingerprint density at radius 2 is 1.85 bits per heavy atom. The van der Waals surface area contributed by atoms with E-state index in [1.165, 1.54) is 0 Å². The van der Waals surface area contributed by atoms with Crippen LogP contribution in [0.1, 0.15) is 12.5 Å². The average molecular weight is 363 g/mol. The molecule has 1 aromatic carbocycles. The molecule has 2 rings (SSSR count). The Kier molecular flexibility index (Phi) is 7.39. The second-order valence-corrected chi connectivity index (χ2v) is 5.79. The predicted octanol–water partition coefficient (Wildman–Crippen LogP) is 3.01. The van der Waals surface area contributed by atoms with Crippen LogP contribution >= 0.6 is 0 Å². The van der Waals surface area contributed by atoms with Gasteiger partial charge in [-0.1, -0.05) is 18.2 Å². The van der Waals surface area contributed by atoms with Crippen LogP contribution in [0.5, 0.6) is 0 Å². The standard InChI is InChI=1S/C21H21N3O3/c1-16-13-18(21(15-22)23-2)14-20(27-16)8-5-17-3-6-19(7-4-17)24(9-11-25)10-12-26/h3-8,13-14,25-26H,9-12H2,1H3/b8-5+,21-18+. The molecule has 6 heteroatoms. The van der Waals surface area contributed by atoms with Crippen LogP contribution < -0.4 is 4.90 Å². The van der Waals surface area contributed by atoms with E-state index < -0.39 is 0 Å². The predicted molar refractivity (Wildman–Crippen MR) is 104 cm³/mol. The molecule has 0 radical (unpaired) electrons. The molecule has 0 bridgehead atoms. The van der Waals surface area contributed by atoms with Gasteiger partial charge >= 0.3 is 0 Å². The van der Waals surface area contributed by atoms with Crippen molar-refractivity contribution >= 4 is 11.8 Å². The maximum absolute atomic E-state index is 9.12. The molecular weight excluding hydrogens is 342 g/mol. The largest absolute Gasteiger partial charge is 0.462 e. The van der Waals surface area contributed by atoms with Crippen molar-refractivity contribution in [1.29, 1.82) is 5.26 Å². The highest BCUT2D eigenvalue weighted by atomic mass is 16.5. The maximum Gasteiger partial charge on any atom is 0.269 e. The SMILES string of the molecule is [C-]#[N+]/C(C#N)=C1\C=C(C)OC(/C=C/c2ccc(N(CCO)CCO)cc2)=C1. The zero-order valence-corrected chi connectivity index (χ0v) is 15.1. The van der Waals surface area contributed by atoms with Gasteiger partial charge in [0.15, 0.2) is 0 Å². The van der Waals surface area contributed by atoms with E-state index in [4.69, 9.17) is 26.8 Å². The molecule has 0 aromatic heterocycles. The second kappa shape index (κ2) is 9.98. The van der Waals surface area contributed by atoms with Crippen LogP contribution in [0.25, 0.3) is 10.9 Å².